The van der Waals surface area contributed by atoms with Gasteiger partial charge in [-0.3, -0.25) is 0 Å². The van der Waals surface area contributed by atoms with Crippen LogP contribution in [0.2, 0.25) is 0 Å². The predicted molar refractivity (Wildman–Crippen MR) is 57.1 cm³/mol. The summed E-state index contributed by atoms with van der Waals surface area (Å²) in [6.07, 6.45) is 5.29. The minimum Gasteiger partial charge on any atom is -0.192 e. The van der Waals surface area contributed by atoms with Gasteiger partial charge in [-0.15, -0.1) is 0 Å². The molecule has 1 aromatic carbocycles. The first kappa shape index (κ1) is 9.27. The van der Waals surface area contributed by atoms with Crippen molar-refractivity contribution in [3.8, 4) is 6.07 Å². The van der Waals surface area contributed by atoms with Crippen LogP contribution in [0.25, 0.3) is 0 Å². The lowest BCUT2D eigenvalue weighted by atomic mass is 9.94. The van der Waals surface area contributed by atoms with Crippen molar-refractivity contribution in [2.45, 2.75) is 38.5 Å². The van der Waals surface area contributed by atoms with E-state index < -0.39 is 0 Å². The van der Waals surface area contributed by atoms with Gasteiger partial charge in [0.05, 0.1) is 11.6 Å². The molecule has 0 spiro atoms. The highest BCUT2D eigenvalue weighted by molar-refractivity contribution is 5.41. The zero-order valence-corrected chi connectivity index (χ0v) is 8.59. The molecule has 14 heavy (non-hydrogen) atoms. The maximum absolute atomic E-state index is 8.94. The minimum atomic E-state index is 0.711. The number of rotatable bonds is 1. The highest BCUT2D eigenvalue weighted by atomic mass is 14.3. The number of nitrogens with zero attached hydrogens (tertiary/aromatic N) is 1. The predicted octanol–water partition coefficient (Wildman–Crippen LogP) is 3.52. The van der Waals surface area contributed by atoms with Crippen molar-refractivity contribution in [3.63, 3.8) is 0 Å². The van der Waals surface area contributed by atoms with Crippen molar-refractivity contribution < 1.29 is 0 Å². The second-order valence-electron chi connectivity index (χ2n) is 4.17. The Bertz CT molecular complexity index is 367. The molecule has 0 radical (unpaired) electrons. The quantitative estimate of drug-likeness (QED) is 0.656. The first-order valence-electron chi connectivity index (χ1n) is 5.32. The van der Waals surface area contributed by atoms with Gasteiger partial charge in [0.25, 0.3) is 0 Å². The minimum absolute atomic E-state index is 0.711. The van der Waals surface area contributed by atoms with E-state index in [2.05, 4.69) is 24.3 Å². The SMILES string of the molecule is Cc1ccc(C2CCCC2)cc1C#N. The molecular formula is C13H15N. The summed E-state index contributed by atoms with van der Waals surface area (Å²) in [6, 6.07) is 8.60. The van der Waals surface area contributed by atoms with Gasteiger partial charge in [-0.25, -0.2) is 0 Å². The third kappa shape index (κ3) is 1.65. The van der Waals surface area contributed by atoms with Crippen LogP contribution in [0.3, 0.4) is 0 Å². The molecule has 0 saturated heterocycles. The molecule has 0 heterocycles. The van der Waals surface area contributed by atoms with Crippen LogP contribution in [0, 0.1) is 18.3 Å². The smallest absolute Gasteiger partial charge is 0.0994 e. The molecule has 0 bridgehead atoms. The van der Waals surface area contributed by atoms with Crippen molar-refractivity contribution in [2.24, 2.45) is 0 Å². The van der Waals surface area contributed by atoms with Gasteiger partial charge in [0.2, 0.25) is 0 Å². The Labute approximate surface area is 85.4 Å². The van der Waals surface area contributed by atoms with Gasteiger partial charge in [-0.2, -0.15) is 5.26 Å². The second-order valence-corrected chi connectivity index (χ2v) is 4.17. The van der Waals surface area contributed by atoms with Crippen LogP contribution in [0.4, 0.5) is 0 Å². The Morgan fingerprint density at radius 1 is 1.29 bits per heavy atom. The van der Waals surface area contributed by atoms with E-state index in [0.29, 0.717) is 5.92 Å². The van der Waals surface area contributed by atoms with Crippen molar-refractivity contribution in [3.05, 3.63) is 34.9 Å². The van der Waals surface area contributed by atoms with Crippen LogP contribution in [0.1, 0.15) is 48.3 Å². The van der Waals surface area contributed by atoms with E-state index in [9.17, 15) is 0 Å². The molecule has 72 valence electrons. The Balaban J connectivity index is 2.31. The maximum Gasteiger partial charge on any atom is 0.0994 e. The third-order valence-electron chi connectivity index (χ3n) is 3.21. The van der Waals surface area contributed by atoms with Gasteiger partial charge in [0.15, 0.2) is 0 Å². The van der Waals surface area contributed by atoms with Gasteiger partial charge < -0.3 is 0 Å². The molecule has 1 aliphatic carbocycles. The van der Waals surface area contributed by atoms with E-state index >= 15 is 0 Å². The fourth-order valence-corrected chi connectivity index (χ4v) is 2.27. The summed E-state index contributed by atoms with van der Waals surface area (Å²) in [6.45, 7) is 2.00. The molecule has 0 N–H and O–H groups in total. The molecule has 1 nitrogen and oxygen atoms in total. The topological polar surface area (TPSA) is 23.8 Å². The zero-order chi connectivity index (χ0) is 9.97. The number of hydrogen-bond donors (Lipinski definition) is 0. The van der Waals surface area contributed by atoms with Crippen LogP contribution in [0.5, 0.6) is 0 Å². The van der Waals surface area contributed by atoms with Crippen LogP contribution in [-0.2, 0) is 0 Å². The summed E-state index contributed by atoms with van der Waals surface area (Å²) in [5.74, 6) is 0.711. The molecule has 1 heteroatoms. The molecule has 1 saturated carbocycles. The summed E-state index contributed by atoms with van der Waals surface area (Å²) in [5, 5.41) is 8.94. The second kappa shape index (κ2) is 3.84. The molecule has 0 unspecified atom stereocenters. The fourth-order valence-electron chi connectivity index (χ4n) is 2.27. The van der Waals surface area contributed by atoms with Crippen LogP contribution >= 0.6 is 0 Å². The van der Waals surface area contributed by atoms with Crippen LogP contribution in [-0.4, -0.2) is 0 Å². The van der Waals surface area contributed by atoms with Crippen LogP contribution in [0.15, 0.2) is 18.2 Å². The third-order valence-corrected chi connectivity index (χ3v) is 3.21. The lowest BCUT2D eigenvalue weighted by Crippen LogP contribution is -1.94. The average molecular weight is 185 g/mol. The van der Waals surface area contributed by atoms with Crippen molar-refractivity contribution in [2.75, 3.05) is 0 Å². The first-order chi connectivity index (χ1) is 6.81. The number of hydrogen-bond acceptors (Lipinski definition) is 1. The average Bonchev–Trinajstić information content (AvgIpc) is 2.71. The van der Waals surface area contributed by atoms with Gasteiger partial charge in [-0.1, -0.05) is 25.0 Å². The Kier molecular flexibility index (Phi) is 2.54. The summed E-state index contributed by atoms with van der Waals surface area (Å²) in [7, 11) is 0. The Hall–Kier alpha value is -1.29. The number of benzene rings is 1. The van der Waals surface area contributed by atoms with Gasteiger partial charge >= 0.3 is 0 Å². The number of nitriles is 1. The highest BCUT2D eigenvalue weighted by Crippen LogP contribution is 2.34. The zero-order valence-electron chi connectivity index (χ0n) is 8.59. The van der Waals surface area contributed by atoms with Gasteiger partial charge in [0.1, 0.15) is 0 Å². The van der Waals surface area contributed by atoms with Gasteiger partial charge in [0, 0.05) is 0 Å². The fraction of sp³-hybridized carbons (Fsp3) is 0.462. The highest BCUT2D eigenvalue weighted by Gasteiger charge is 2.17. The van der Waals surface area contributed by atoms with E-state index in [0.717, 1.165) is 11.1 Å². The van der Waals surface area contributed by atoms with Crippen LogP contribution < -0.4 is 0 Å². The van der Waals surface area contributed by atoms with E-state index in [4.69, 9.17) is 5.26 Å². The summed E-state index contributed by atoms with van der Waals surface area (Å²) in [5.41, 5.74) is 3.30. The molecular weight excluding hydrogens is 170 g/mol. The lowest BCUT2D eigenvalue weighted by molar-refractivity contribution is 0.723. The summed E-state index contributed by atoms with van der Waals surface area (Å²) < 4.78 is 0. The number of aryl methyl sites for hydroxylation is 1. The molecule has 1 fully saturated rings. The lowest BCUT2D eigenvalue weighted by Gasteiger charge is -2.10. The summed E-state index contributed by atoms with van der Waals surface area (Å²) in [4.78, 5) is 0. The molecule has 1 aromatic rings. The molecule has 2 rings (SSSR count). The van der Waals surface area contributed by atoms with E-state index in [1.54, 1.807) is 0 Å². The first-order valence-corrected chi connectivity index (χ1v) is 5.32. The standard InChI is InChI=1S/C13H15N/c1-10-6-7-12(8-13(10)9-14)11-4-2-3-5-11/h6-8,11H,2-5H2,1H3. The molecule has 0 aromatic heterocycles. The maximum atomic E-state index is 8.94. The monoisotopic (exact) mass is 185 g/mol. The van der Waals surface area contributed by atoms with E-state index in [1.807, 2.05) is 6.92 Å². The van der Waals surface area contributed by atoms with E-state index in [1.165, 1.54) is 31.2 Å². The normalized spacial score (nSPS) is 16.9. The molecule has 0 aliphatic heterocycles. The molecule has 0 atom stereocenters. The Morgan fingerprint density at radius 2 is 2.00 bits per heavy atom. The van der Waals surface area contributed by atoms with Crippen molar-refractivity contribution in [1.29, 1.82) is 5.26 Å². The molecule has 1 aliphatic rings. The largest absolute Gasteiger partial charge is 0.192 e. The van der Waals surface area contributed by atoms with Crippen molar-refractivity contribution in [1.82, 2.24) is 0 Å². The van der Waals surface area contributed by atoms with Crippen molar-refractivity contribution >= 4 is 0 Å². The Morgan fingerprint density at radius 3 is 2.64 bits per heavy atom. The van der Waals surface area contributed by atoms with Gasteiger partial charge in [-0.05, 0) is 42.9 Å². The van der Waals surface area contributed by atoms with E-state index in [-0.39, 0.29) is 0 Å². The molecule has 0 amide bonds. The summed E-state index contributed by atoms with van der Waals surface area (Å²) >= 11 is 0.